The van der Waals surface area contributed by atoms with Crippen molar-refractivity contribution in [3.8, 4) is 0 Å². The molecule has 0 bridgehead atoms. The SMILES string of the molecule is CCN1CCCCC1CNC(=O)N1CCC(N(C)C(C)=O)CC1. The minimum Gasteiger partial charge on any atom is -0.343 e. The van der Waals surface area contributed by atoms with Crippen LogP contribution in [-0.2, 0) is 4.79 Å². The van der Waals surface area contributed by atoms with E-state index < -0.39 is 0 Å². The van der Waals surface area contributed by atoms with E-state index in [1.807, 2.05) is 11.9 Å². The zero-order valence-corrected chi connectivity index (χ0v) is 14.9. The number of rotatable bonds is 4. The van der Waals surface area contributed by atoms with Crippen LogP contribution >= 0.6 is 0 Å². The molecule has 3 amide bonds. The Morgan fingerprint density at radius 2 is 1.83 bits per heavy atom. The van der Waals surface area contributed by atoms with Gasteiger partial charge in [-0.25, -0.2) is 4.79 Å². The maximum atomic E-state index is 12.4. The van der Waals surface area contributed by atoms with Gasteiger partial charge in [-0.3, -0.25) is 9.69 Å². The second-order valence-corrected chi connectivity index (χ2v) is 6.81. The Balaban J connectivity index is 1.73. The molecular weight excluding hydrogens is 292 g/mol. The summed E-state index contributed by atoms with van der Waals surface area (Å²) in [6.07, 6.45) is 5.46. The van der Waals surface area contributed by atoms with Crippen LogP contribution in [0, 0.1) is 0 Å². The highest BCUT2D eigenvalue weighted by atomic mass is 16.2. The van der Waals surface area contributed by atoms with Crippen LogP contribution in [0.4, 0.5) is 4.79 Å². The number of carbonyl (C=O) groups is 2. The average Bonchev–Trinajstić information content (AvgIpc) is 2.59. The minimum absolute atomic E-state index is 0.0514. The number of hydrogen-bond acceptors (Lipinski definition) is 3. The van der Waals surface area contributed by atoms with Crippen LogP contribution in [0.1, 0.15) is 46.0 Å². The van der Waals surface area contributed by atoms with Gasteiger partial charge in [-0.05, 0) is 38.8 Å². The van der Waals surface area contributed by atoms with E-state index in [1.165, 1.54) is 19.3 Å². The van der Waals surface area contributed by atoms with Crippen molar-refractivity contribution in [2.45, 2.75) is 58.0 Å². The van der Waals surface area contributed by atoms with Gasteiger partial charge in [0.1, 0.15) is 0 Å². The molecule has 2 saturated heterocycles. The van der Waals surface area contributed by atoms with Crippen molar-refractivity contribution >= 4 is 11.9 Å². The standard InChI is InChI=1S/C17H32N4O2/c1-4-20-10-6-5-7-16(20)13-18-17(23)21-11-8-15(9-12-21)19(3)14(2)22/h15-16H,4-13H2,1-3H3,(H,18,23). The van der Waals surface area contributed by atoms with Gasteiger partial charge in [0.25, 0.3) is 0 Å². The van der Waals surface area contributed by atoms with Crippen molar-refractivity contribution in [1.82, 2.24) is 20.0 Å². The Hall–Kier alpha value is -1.30. The first-order valence-corrected chi connectivity index (χ1v) is 9.03. The second-order valence-electron chi connectivity index (χ2n) is 6.81. The number of likely N-dealkylation sites (N-methyl/N-ethyl adjacent to an activating group) is 1. The molecule has 2 rings (SSSR count). The number of piperidine rings is 2. The summed E-state index contributed by atoms with van der Waals surface area (Å²) in [6, 6.07) is 0.806. The van der Waals surface area contributed by atoms with Crippen molar-refractivity contribution in [3.05, 3.63) is 0 Å². The lowest BCUT2D eigenvalue weighted by molar-refractivity contribution is -0.130. The summed E-state index contributed by atoms with van der Waals surface area (Å²) in [5.41, 5.74) is 0. The van der Waals surface area contributed by atoms with Crippen LogP contribution in [-0.4, -0.2) is 78.5 Å². The highest BCUT2D eigenvalue weighted by molar-refractivity contribution is 5.75. The van der Waals surface area contributed by atoms with E-state index in [4.69, 9.17) is 0 Å². The van der Waals surface area contributed by atoms with Gasteiger partial charge in [0.05, 0.1) is 0 Å². The molecule has 1 N–H and O–H groups in total. The van der Waals surface area contributed by atoms with Crippen LogP contribution in [0.15, 0.2) is 0 Å². The lowest BCUT2D eigenvalue weighted by atomic mass is 10.0. The summed E-state index contributed by atoms with van der Waals surface area (Å²) >= 11 is 0. The highest BCUT2D eigenvalue weighted by Gasteiger charge is 2.27. The van der Waals surface area contributed by atoms with Gasteiger partial charge in [-0.1, -0.05) is 13.3 Å². The van der Waals surface area contributed by atoms with Crippen LogP contribution < -0.4 is 5.32 Å². The molecule has 0 saturated carbocycles. The monoisotopic (exact) mass is 324 g/mol. The summed E-state index contributed by atoms with van der Waals surface area (Å²) in [7, 11) is 1.85. The van der Waals surface area contributed by atoms with Gasteiger partial charge >= 0.3 is 6.03 Å². The molecule has 0 aromatic heterocycles. The summed E-state index contributed by atoms with van der Waals surface area (Å²) in [5, 5.41) is 3.12. The summed E-state index contributed by atoms with van der Waals surface area (Å²) in [4.78, 5) is 29.9. The lowest BCUT2D eigenvalue weighted by Gasteiger charge is -2.38. The van der Waals surface area contributed by atoms with Gasteiger partial charge in [0, 0.05) is 45.7 Å². The van der Waals surface area contributed by atoms with Crippen LogP contribution in [0.2, 0.25) is 0 Å². The van der Waals surface area contributed by atoms with E-state index in [-0.39, 0.29) is 18.0 Å². The van der Waals surface area contributed by atoms with Crippen molar-refractivity contribution in [2.75, 3.05) is 39.8 Å². The number of urea groups is 1. The fraction of sp³-hybridized carbons (Fsp3) is 0.882. The van der Waals surface area contributed by atoms with Gasteiger partial charge in [-0.2, -0.15) is 0 Å². The first-order chi connectivity index (χ1) is 11.0. The minimum atomic E-state index is 0.0514. The molecule has 6 nitrogen and oxygen atoms in total. The first kappa shape index (κ1) is 18.0. The second kappa shape index (κ2) is 8.52. The van der Waals surface area contributed by atoms with Gasteiger partial charge in [-0.15, -0.1) is 0 Å². The Kier molecular flexibility index (Phi) is 6.69. The van der Waals surface area contributed by atoms with Crippen LogP contribution in [0.5, 0.6) is 0 Å². The van der Waals surface area contributed by atoms with Gasteiger partial charge in [0.2, 0.25) is 5.91 Å². The van der Waals surface area contributed by atoms with Gasteiger partial charge < -0.3 is 15.1 Å². The molecule has 23 heavy (non-hydrogen) atoms. The fourth-order valence-corrected chi connectivity index (χ4v) is 3.74. The van der Waals surface area contributed by atoms with E-state index in [2.05, 4.69) is 17.1 Å². The molecule has 132 valence electrons. The molecular formula is C17H32N4O2. The third-order valence-corrected chi connectivity index (χ3v) is 5.44. The molecule has 1 atom stereocenters. The average molecular weight is 324 g/mol. The summed E-state index contributed by atoms with van der Waals surface area (Å²) in [6.45, 7) is 8.22. The third kappa shape index (κ3) is 4.83. The topological polar surface area (TPSA) is 55.9 Å². The van der Waals surface area contributed by atoms with Crippen molar-refractivity contribution < 1.29 is 9.59 Å². The molecule has 0 spiro atoms. The molecule has 2 aliphatic heterocycles. The highest BCUT2D eigenvalue weighted by Crippen LogP contribution is 2.17. The molecule has 6 heteroatoms. The van der Waals surface area contributed by atoms with Crippen molar-refractivity contribution in [3.63, 3.8) is 0 Å². The summed E-state index contributed by atoms with van der Waals surface area (Å²) in [5.74, 6) is 0.102. The Morgan fingerprint density at radius 3 is 2.43 bits per heavy atom. The molecule has 0 aromatic rings. The Bertz CT molecular complexity index is 407. The third-order valence-electron chi connectivity index (χ3n) is 5.44. The Labute approximate surface area is 140 Å². The van der Waals surface area contributed by atoms with E-state index in [0.717, 1.165) is 45.6 Å². The maximum absolute atomic E-state index is 12.4. The smallest absolute Gasteiger partial charge is 0.317 e. The van der Waals surface area contributed by atoms with Gasteiger partial charge in [0.15, 0.2) is 0 Å². The van der Waals surface area contributed by atoms with E-state index in [9.17, 15) is 9.59 Å². The van der Waals surface area contributed by atoms with Crippen molar-refractivity contribution in [1.29, 1.82) is 0 Å². The fourth-order valence-electron chi connectivity index (χ4n) is 3.74. The number of nitrogens with zero attached hydrogens (tertiary/aromatic N) is 3. The molecule has 2 aliphatic rings. The largest absolute Gasteiger partial charge is 0.343 e. The number of likely N-dealkylation sites (tertiary alicyclic amines) is 2. The number of hydrogen-bond donors (Lipinski definition) is 1. The van der Waals surface area contributed by atoms with Crippen LogP contribution in [0.25, 0.3) is 0 Å². The summed E-state index contributed by atoms with van der Waals surface area (Å²) < 4.78 is 0. The van der Waals surface area contributed by atoms with Crippen LogP contribution in [0.3, 0.4) is 0 Å². The zero-order chi connectivity index (χ0) is 16.8. The normalized spacial score (nSPS) is 23.6. The molecule has 2 fully saturated rings. The Morgan fingerprint density at radius 1 is 1.13 bits per heavy atom. The molecule has 2 heterocycles. The number of nitrogens with one attached hydrogen (secondary N) is 1. The predicted molar refractivity (Wildman–Crippen MR) is 91.3 cm³/mol. The van der Waals surface area contributed by atoms with Crippen molar-refractivity contribution in [2.24, 2.45) is 0 Å². The number of carbonyl (C=O) groups excluding carboxylic acids is 2. The molecule has 1 unspecified atom stereocenters. The molecule has 0 aromatic carbocycles. The predicted octanol–water partition coefficient (Wildman–Crippen LogP) is 1.51. The van der Waals surface area contributed by atoms with E-state index in [0.29, 0.717) is 6.04 Å². The quantitative estimate of drug-likeness (QED) is 0.853. The zero-order valence-electron chi connectivity index (χ0n) is 14.9. The molecule has 0 aliphatic carbocycles. The van der Waals surface area contributed by atoms with E-state index in [1.54, 1.807) is 11.8 Å². The first-order valence-electron chi connectivity index (χ1n) is 9.03. The number of amides is 3. The lowest BCUT2D eigenvalue weighted by Crippen LogP contribution is -2.52. The molecule has 0 radical (unpaired) electrons. The van der Waals surface area contributed by atoms with E-state index >= 15 is 0 Å². The maximum Gasteiger partial charge on any atom is 0.317 e.